The predicted molar refractivity (Wildman–Crippen MR) is 103 cm³/mol. The van der Waals surface area contributed by atoms with Crippen LogP contribution >= 0.6 is 0 Å². The summed E-state index contributed by atoms with van der Waals surface area (Å²) in [5.74, 6) is 1.49. The van der Waals surface area contributed by atoms with Crippen molar-refractivity contribution >= 4 is 5.82 Å². The summed E-state index contributed by atoms with van der Waals surface area (Å²) in [4.78, 5) is 8.22. The monoisotopic (exact) mass is 367 g/mol. The summed E-state index contributed by atoms with van der Waals surface area (Å²) >= 11 is 0. The Labute approximate surface area is 159 Å². The van der Waals surface area contributed by atoms with Gasteiger partial charge in [-0.25, -0.2) is 20.8 Å². The van der Waals surface area contributed by atoms with Crippen LogP contribution in [0.5, 0.6) is 5.75 Å². The number of ether oxygens (including phenoxy) is 1. The first-order chi connectivity index (χ1) is 13.1. The molecular formula is C19H25N7O. The van der Waals surface area contributed by atoms with E-state index in [0.717, 1.165) is 24.3 Å². The van der Waals surface area contributed by atoms with Crippen LogP contribution in [-0.4, -0.2) is 29.3 Å². The van der Waals surface area contributed by atoms with Crippen molar-refractivity contribution in [2.75, 3.05) is 12.4 Å². The van der Waals surface area contributed by atoms with E-state index in [1.54, 1.807) is 13.3 Å². The average Bonchev–Trinajstić information content (AvgIpc) is 3.15. The van der Waals surface area contributed by atoms with Crippen LogP contribution in [0.15, 0.2) is 30.6 Å². The number of nitriles is 1. The zero-order valence-corrected chi connectivity index (χ0v) is 15.8. The third-order valence-electron chi connectivity index (χ3n) is 4.38. The second-order valence-corrected chi connectivity index (χ2v) is 6.78. The van der Waals surface area contributed by atoms with Crippen molar-refractivity contribution in [3.63, 3.8) is 0 Å². The Morgan fingerprint density at radius 3 is 2.81 bits per heavy atom. The minimum absolute atomic E-state index is 0.00998. The van der Waals surface area contributed by atoms with Gasteiger partial charge >= 0.3 is 0 Å². The number of methoxy groups -OCH3 is 1. The van der Waals surface area contributed by atoms with Gasteiger partial charge in [-0.1, -0.05) is 26.0 Å². The summed E-state index contributed by atoms with van der Waals surface area (Å²) in [7, 11) is 1.70. The molecule has 0 saturated carbocycles. The Kier molecular flexibility index (Phi) is 6.19. The first-order valence-electron chi connectivity index (χ1n) is 8.99. The quantitative estimate of drug-likeness (QED) is 0.587. The van der Waals surface area contributed by atoms with Crippen LogP contribution in [0.4, 0.5) is 5.82 Å². The minimum Gasteiger partial charge on any atom is -0.496 e. The molecule has 1 saturated heterocycles. The molecule has 27 heavy (non-hydrogen) atoms. The Balaban J connectivity index is 1.64. The van der Waals surface area contributed by atoms with Crippen LogP contribution in [0, 0.1) is 11.3 Å². The first-order valence-corrected chi connectivity index (χ1v) is 8.99. The van der Waals surface area contributed by atoms with E-state index < -0.39 is 0 Å². The lowest BCUT2D eigenvalue weighted by molar-refractivity contribution is 0.401. The van der Waals surface area contributed by atoms with Crippen molar-refractivity contribution in [1.29, 1.82) is 5.26 Å². The number of hydrogen-bond acceptors (Lipinski definition) is 8. The smallest absolute Gasteiger partial charge is 0.158 e. The molecule has 1 aromatic heterocycles. The molecule has 1 aromatic carbocycles. The topological polar surface area (TPSA) is 107 Å². The van der Waals surface area contributed by atoms with E-state index in [9.17, 15) is 0 Å². The molecule has 0 radical (unpaired) electrons. The summed E-state index contributed by atoms with van der Waals surface area (Å²) in [6, 6.07) is 8.83. The van der Waals surface area contributed by atoms with Crippen molar-refractivity contribution in [2.24, 2.45) is 0 Å². The Morgan fingerprint density at radius 2 is 2.15 bits per heavy atom. The molecule has 2 unspecified atom stereocenters. The lowest BCUT2D eigenvalue weighted by Crippen LogP contribution is -2.36. The number of nitrogens with zero attached hydrogens (tertiary/aromatic N) is 3. The van der Waals surface area contributed by atoms with E-state index in [1.807, 2.05) is 6.07 Å². The van der Waals surface area contributed by atoms with Gasteiger partial charge in [-0.15, -0.1) is 0 Å². The van der Waals surface area contributed by atoms with E-state index in [1.165, 1.54) is 11.8 Å². The Hall–Kier alpha value is -2.73. The number of hydrazine groups is 1. The second-order valence-electron chi connectivity index (χ2n) is 6.78. The van der Waals surface area contributed by atoms with E-state index in [0.29, 0.717) is 17.6 Å². The van der Waals surface area contributed by atoms with Crippen LogP contribution in [0.2, 0.25) is 0 Å². The van der Waals surface area contributed by atoms with E-state index >= 15 is 0 Å². The molecule has 8 nitrogen and oxygen atoms in total. The van der Waals surface area contributed by atoms with Gasteiger partial charge in [0.25, 0.3) is 0 Å². The molecule has 4 N–H and O–H groups in total. The first kappa shape index (κ1) is 19.0. The minimum atomic E-state index is -0.00998. The third kappa shape index (κ3) is 4.92. The molecule has 0 amide bonds. The van der Waals surface area contributed by atoms with Gasteiger partial charge in [-0.2, -0.15) is 5.26 Å². The lowest BCUT2D eigenvalue weighted by Gasteiger charge is -2.16. The number of nitrogens with one attached hydrogen (secondary N) is 4. The van der Waals surface area contributed by atoms with Crippen molar-refractivity contribution in [1.82, 2.24) is 26.1 Å². The van der Waals surface area contributed by atoms with Gasteiger partial charge in [0.1, 0.15) is 17.6 Å². The predicted octanol–water partition coefficient (Wildman–Crippen LogP) is 1.83. The molecule has 142 valence electrons. The molecule has 3 rings (SSSR count). The number of aromatic nitrogens is 2. The lowest BCUT2D eigenvalue weighted by atomic mass is 10.0. The molecule has 8 heteroatoms. The summed E-state index contributed by atoms with van der Waals surface area (Å²) < 4.78 is 5.62. The third-order valence-corrected chi connectivity index (χ3v) is 4.38. The second kappa shape index (κ2) is 8.77. The van der Waals surface area contributed by atoms with Crippen LogP contribution in [-0.2, 0) is 6.54 Å². The van der Waals surface area contributed by atoms with Gasteiger partial charge in [-0.05, 0) is 11.6 Å². The van der Waals surface area contributed by atoms with Gasteiger partial charge < -0.3 is 15.4 Å². The van der Waals surface area contributed by atoms with Crippen molar-refractivity contribution < 1.29 is 4.74 Å². The van der Waals surface area contributed by atoms with E-state index in [-0.39, 0.29) is 12.2 Å². The molecule has 0 aliphatic carbocycles. The summed E-state index contributed by atoms with van der Waals surface area (Å²) in [5.41, 5.74) is 9.12. The SMILES string of the molecule is COc1cc(CNC(C)C)ccc1C1CC(Nc2cnc(C#N)cn2)NN1. The standard InChI is InChI=1S/C19H25N7O/c1-12(2)21-9-13-4-5-15(17(6-13)27-3)16-7-18(26-25-16)24-19-11-22-14(8-20)10-23-19/h4-6,10-12,16,18,21,25-26H,7,9H2,1-3H3,(H,23,24). The van der Waals surface area contributed by atoms with Gasteiger partial charge in [0.2, 0.25) is 0 Å². The maximum atomic E-state index is 8.79. The Bertz CT molecular complexity index is 801. The zero-order valence-electron chi connectivity index (χ0n) is 15.8. The summed E-state index contributed by atoms with van der Waals surface area (Å²) in [5, 5.41) is 15.5. The highest BCUT2D eigenvalue weighted by atomic mass is 16.5. The van der Waals surface area contributed by atoms with Gasteiger partial charge in [0, 0.05) is 24.6 Å². The number of benzene rings is 1. The fraction of sp³-hybridized carbons (Fsp3) is 0.421. The normalized spacial score (nSPS) is 19.1. The molecule has 2 heterocycles. The van der Waals surface area contributed by atoms with Crippen LogP contribution in [0.3, 0.4) is 0 Å². The molecule has 1 aliphatic rings. The Morgan fingerprint density at radius 1 is 1.30 bits per heavy atom. The molecule has 1 aliphatic heterocycles. The molecule has 0 bridgehead atoms. The summed E-state index contributed by atoms with van der Waals surface area (Å²) in [6.45, 7) is 5.07. The van der Waals surface area contributed by atoms with Gasteiger partial charge in [0.05, 0.1) is 31.7 Å². The molecule has 1 fully saturated rings. The van der Waals surface area contributed by atoms with E-state index in [2.05, 4.69) is 63.5 Å². The average molecular weight is 367 g/mol. The van der Waals surface area contributed by atoms with Gasteiger partial charge in [-0.3, -0.25) is 0 Å². The van der Waals surface area contributed by atoms with Crippen LogP contribution in [0.25, 0.3) is 0 Å². The van der Waals surface area contributed by atoms with E-state index in [4.69, 9.17) is 10.00 Å². The van der Waals surface area contributed by atoms with Crippen molar-refractivity contribution in [2.45, 2.75) is 45.1 Å². The molecule has 2 atom stereocenters. The number of rotatable bonds is 7. The fourth-order valence-corrected chi connectivity index (χ4v) is 2.97. The molecule has 0 spiro atoms. The van der Waals surface area contributed by atoms with Crippen molar-refractivity contribution in [3.8, 4) is 11.8 Å². The van der Waals surface area contributed by atoms with Crippen LogP contribution in [0.1, 0.15) is 43.1 Å². The summed E-state index contributed by atoms with van der Waals surface area (Å²) in [6.07, 6.45) is 3.81. The highest BCUT2D eigenvalue weighted by molar-refractivity contribution is 5.41. The highest BCUT2D eigenvalue weighted by Gasteiger charge is 2.27. The fourth-order valence-electron chi connectivity index (χ4n) is 2.97. The maximum Gasteiger partial charge on any atom is 0.158 e. The zero-order chi connectivity index (χ0) is 19.2. The number of anilines is 1. The number of hydrogen-bond donors (Lipinski definition) is 4. The van der Waals surface area contributed by atoms with Gasteiger partial charge in [0.15, 0.2) is 5.69 Å². The van der Waals surface area contributed by atoms with Crippen LogP contribution < -0.4 is 26.2 Å². The highest BCUT2D eigenvalue weighted by Crippen LogP contribution is 2.31. The maximum absolute atomic E-state index is 8.79. The largest absolute Gasteiger partial charge is 0.496 e. The molecular weight excluding hydrogens is 342 g/mol. The van der Waals surface area contributed by atoms with Crippen molar-refractivity contribution in [3.05, 3.63) is 47.4 Å². The molecule has 2 aromatic rings.